The molecule has 0 saturated carbocycles. The fourth-order valence-corrected chi connectivity index (χ4v) is 3.85. The average molecular weight is 367 g/mol. The van der Waals surface area contributed by atoms with Crippen molar-refractivity contribution in [2.45, 2.75) is 39.2 Å². The molecule has 2 aliphatic heterocycles. The molecule has 1 aromatic carbocycles. The van der Waals surface area contributed by atoms with Crippen LogP contribution in [0.25, 0.3) is 11.0 Å². The van der Waals surface area contributed by atoms with Crippen molar-refractivity contribution in [3.8, 4) is 0 Å². The molecule has 0 radical (unpaired) electrons. The Bertz CT molecular complexity index is 876. The first-order chi connectivity index (χ1) is 13.0. The molecular weight excluding hydrogens is 342 g/mol. The number of hydrogen-bond donors (Lipinski definition) is 1. The normalized spacial score (nSPS) is 20.1. The number of amides is 2. The van der Waals surface area contributed by atoms with Gasteiger partial charge in [-0.2, -0.15) is 0 Å². The maximum Gasteiger partial charge on any atom is 0.231 e. The molecule has 1 atom stereocenters. The van der Waals surface area contributed by atoms with E-state index in [4.69, 9.17) is 4.98 Å². The van der Waals surface area contributed by atoms with E-state index in [0.29, 0.717) is 12.4 Å². The quantitative estimate of drug-likeness (QED) is 0.898. The van der Waals surface area contributed by atoms with Gasteiger partial charge in [-0.15, -0.1) is 0 Å². The molecule has 142 valence electrons. The van der Waals surface area contributed by atoms with Gasteiger partial charge in [-0.05, 0) is 38.8 Å². The van der Waals surface area contributed by atoms with E-state index >= 15 is 0 Å². The SMILES string of the molecule is CC(C)N1CC(C(=O)Nc2nc3ccccc3nc2N2CCCC2)CC1=O. The summed E-state index contributed by atoms with van der Waals surface area (Å²) in [6.45, 7) is 6.23. The molecule has 1 unspecified atom stereocenters. The van der Waals surface area contributed by atoms with Gasteiger partial charge in [0, 0.05) is 32.1 Å². The maximum atomic E-state index is 12.9. The number of rotatable bonds is 4. The molecule has 0 spiro atoms. The Morgan fingerprint density at radius 1 is 1.15 bits per heavy atom. The molecular formula is C20H25N5O2. The number of likely N-dealkylation sites (tertiary alicyclic amines) is 1. The van der Waals surface area contributed by atoms with Gasteiger partial charge in [0.15, 0.2) is 11.6 Å². The summed E-state index contributed by atoms with van der Waals surface area (Å²) in [5, 5.41) is 2.97. The second kappa shape index (κ2) is 7.13. The summed E-state index contributed by atoms with van der Waals surface area (Å²) in [5.41, 5.74) is 1.57. The third-order valence-electron chi connectivity index (χ3n) is 5.35. The zero-order chi connectivity index (χ0) is 19.0. The van der Waals surface area contributed by atoms with Crippen molar-refractivity contribution >= 4 is 34.5 Å². The van der Waals surface area contributed by atoms with E-state index in [1.54, 1.807) is 4.90 Å². The molecule has 2 saturated heterocycles. The zero-order valence-corrected chi connectivity index (χ0v) is 15.8. The third-order valence-corrected chi connectivity index (χ3v) is 5.35. The maximum absolute atomic E-state index is 12.9. The number of hydrogen-bond acceptors (Lipinski definition) is 5. The van der Waals surface area contributed by atoms with Gasteiger partial charge in [0.2, 0.25) is 11.8 Å². The zero-order valence-electron chi connectivity index (χ0n) is 15.8. The Balaban J connectivity index is 1.61. The molecule has 3 heterocycles. The van der Waals surface area contributed by atoms with Crippen molar-refractivity contribution in [1.29, 1.82) is 0 Å². The number of fused-ring (bicyclic) bond motifs is 1. The van der Waals surface area contributed by atoms with E-state index in [0.717, 1.165) is 42.8 Å². The van der Waals surface area contributed by atoms with E-state index in [1.807, 2.05) is 38.1 Å². The first kappa shape index (κ1) is 17.7. The van der Waals surface area contributed by atoms with E-state index in [1.165, 1.54) is 0 Å². The Morgan fingerprint density at radius 2 is 1.81 bits per heavy atom. The van der Waals surface area contributed by atoms with Crippen molar-refractivity contribution < 1.29 is 9.59 Å². The predicted octanol–water partition coefficient (Wildman–Crippen LogP) is 2.43. The van der Waals surface area contributed by atoms with E-state index < -0.39 is 0 Å². The van der Waals surface area contributed by atoms with Crippen molar-refractivity contribution in [2.24, 2.45) is 5.92 Å². The molecule has 1 N–H and O–H groups in total. The highest BCUT2D eigenvalue weighted by Gasteiger charge is 2.36. The van der Waals surface area contributed by atoms with E-state index in [2.05, 4.69) is 15.2 Å². The Labute approximate surface area is 158 Å². The largest absolute Gasteiger partial charge is 0.354 e. The van der Waals surface area contributed by atoms with Crippen LogP contribution in [0.1, 0.15) is 33.1 Å². The predicted molar refractivity (Wildman–Crippen MR) is 105 cm³/mol. The standard InChI is InChI=1S/C20H25N5O2/c1-13(2)25-12-14(11-17(25)26)20(27)23-18-19(24-9-5-6-10-24)22-16-8-4-3-7-15(16)21-18/h3-4,7-8,13-14H,5-6,9-12H2,1-2H3,(H,21,23,27). The Hall–Kier alpha value is -2.70. The summed E-state index contributed by atoms with van der Waals surface area (Å²) in [6.07, 6.45) is 2.48. The minimum atomic E-state index is -0.348. The van der Waals surface area contributed by atoms with Crippen LogP contribution >= 0.6 is 0 Å². The van der Waals surface area contributed by atoms with Gasteiger partial charge < -0.3 is 15.1 Å². The van der Waals surface area contributed by atoms with Crippen molar-refractivity contribution in [3.63, 3.8) is 0 Å². The lowest BCUT2D eigenvalue weighted by atomic mass is 10.1. The van der Waals surface area contributed by atoms with Crippen LogP contribution in [-0.2, 0) is 9.59 Å². The molecule has 2 aliphatic rings. The van der Waals surface area contributed by atoms with Gasteiger partial charge in [0.1, 0.15) is 0 Å². The van der Waals surface area contributed by atoms with Crippen LogP contribution < -0.4 is 10.2 Å². The lowest BCUT2D eigenvalue weighted by Gasteiger charge is -2.22. The minimum absolute atomic E-state index is 0.0366. The van der Waals surface area contributed by atoms with Crippen LogP contribution in [-0.4, -0.2) is 52.4 Å². The molecule has 4 rings (SSSR count). The molecule has 0 aliphatic carbocycles. The summed E-state index contributed by atoms with van der Waals surface area (Å²) < 4.78 is 0. The number of carbonyl (C=O) groups excluding carboxylic acids is 2. The van der Waals surface area contributed by atoms with Crippen molar-refractivity contribution in [3.05, 3.63) is 24.3 Å². The summed E-state index contributed by atoms with van der Waals surface area (Å²) in [4.78, 5) is 38.4. The number of para-hydroxylation sites is 2. The molecule has 7 heteroatoms. The number of anilines is 2. The minimum Gasteiger partial charge on any atom is -0.354 e. The van der Waals surface area contributed by atoms with Crippen LogP contribution in [0.4, 0.5) is 11.6 Å². The van der Waals surface area contributed by atoms with Crippen LogP contribution in [0.2, 0.25) is 0 Å². The number of aromatic nitrogens is 2. The molecule has 27 heavy (non-hydrogen) atoms. The smallest absolute Gasteiger partial charge is 0.231 e. The van der Waals surface area contributed by atoms with E-state index in [-0.39, 0.29) is 30.2 Å². The van der Waals surface area contributed by atoms with E-state index in [9.17, 15) is 9.59 Å². The van der Waals surface area contributed by atoms with Crippen LogP contribution in [0, 0.1) is 5.92 Å². The molecule has 2 aromatic rings. The third kappa shape index (κ3) is 3.46. The molecule has 7 nitrogen and oxygen atoms in total. The summed E-state index contributed by atoms with van der Waals surface area (Å²) in [6, 6.07) is 7.78. The Morgan fingerprint density at radius 3 is 2.44 bits per heavy atom. The second-order valence-electron chi connectivity index (χ2n) is 7.61. The highest BCUT2D eigenvalue weighted by Crippen LogP contribution is 2.29. The number of nitrogens with zero attached hydrogens (tertiary/aromatic N) is 4. The lowest BCUT2D eigenvalue weighted by molar-refractivity contribution is -0.129. The average Bonchev–Trinajstić information content (AvgIpc) is 3.31. The van der Waals surface area contributed by atoms with Crippen LogP contribution in [0.3, 0.4) is 0 Å². The van der Waals surface area contributed by atoms with Gasteiger partial charge in [-0.1, -0.05) is 12.1 Å². The topological polar surface area (TPSA) is 78.4 Å². The fraction of sp³-hybridized carbons (Fsp3) is 0.500. The van der Waals surface area contributed by atoms with Crippen molar-refractivity contribution in [2.75, 3.05) is 29.9 Å². The number of benzene rings is 1. The monoisotopic (exact) mass is 367 g/mol. The van der Waals surface area contributed by atoms with Gasteiger partial charge in [0.05, 0.1) is 17.0 Å². The molecule has 0 bridgehead atoms. The van der Waals surface area contributed by atoms with Gasteiger partial charge >= 0.3 is 0 Å². The first-order valence-electron chi connectivity index (χ1n) is 9.65. The Kier molecular flexibility index (Phi) is 4.68. The second-order valence-corrected chi connectivity index (χ2v) is 7.61. The molecule has 2 fully saturated rings. The van der Waals surface area contributed by atoms with Crippen molar-refractivity contribution in [1.82, 2.24) is 14.9 Å². The molecule has 2 amide bonds. The summed E-state index contributed by atoms with van der Waals surface area (Å²) in [7, 11) is 0. The lowest BCUT2D eigenvalue weighted by Crippen LogP contribution is -2.33. The van der Waals surface area contributed by atoms with Gasteiger partial charge in [0.25, 0.3) is 0 Å². The molecule has 1 aromatic heterocycles. The van der Waals surface area contributed by atoms with Gasteiger partial charge in [-0.25, -0.2) is 9.97 Å². The summed E-state index contributed by atoms with van der Waals surface area (Å²) in [5.74, 6) is 0.756. The number of carbonyl (C=O) groups is 2. The highest BCUT2D eigenvalue weighted by atomic mass is 16.2. The first-order valence-corrected chi connectivity index (χ1v) is 9.65. The summed E-state index contributed by atoms with van der Waals surface area (Å²) >= 11 is 0. The van der Waals surface area contributed by atoms with Crippen LogP contribution in [0.15, 0.2) is 24.3 Å². The fourth-order valence-electron chi connectivity index (χ4n) is 3.85. The number of nitrogens with one attached hydrogen (secondary N) is 1. The highest BCUT2D eigenvalue weighted by molar-refractivity contribution is 5.99. The van der Waals surface area contributed by atoms with Gasteiger partial charge in [-0.3, -0.25) is 9.59 Å². The van der Waals surface area contributed by atoms with Crippen LogP contribution in [0.5, 0.6) is 0 Å².